The summed E-state index contributed by atoms with van der Waals surface area (Å²) >= 11 is 8.60. The summed E-state index contributed by atoms with van der Waals surface area (Å²) in [5.41, 5.74) is 5.90. The van der Waals surface area contributed by atoms with Crippen LogP contribution in [0.1, 0.15) is 11.7 Å². The largest absolute Gasteiger partial charge is 0.389 e. The van der Waals surface area contributed by atoms with Gasteiger partial charge in [-0.25, -0.2) is 4.98 Å². The second-order valence-electron chi connectivity index (χ2n) is 2.79. The van der Waals surface area contributed by atoms with E-state index in [2.05, 4.69) is 20.9 Å². The SMILES string of the molecule is Nc1ncc(Br)cc1C(O)C(O)CCl. The van der Waals surface area contributed by atoms with Gasteiger partial charge >= 0.3 is 0 Å². The highest BCUT2D eigenvalue weighted by molar-refractivity contribution is 9.10. The van der Waals surface area contributed by atoms with Crippen LogP contribution in [0.5, 0.6) is 0 Å². The molecule has 1 aromatic heterocycles. The van der Waals surface area contributed by atoms with Gasteiger partial charge < -0.3 is 15.9 Å². The van der Waals surface area contributed by atoms with Crippen molar-refractivity contribution in [3.8, 4) is 0 Å². The maximum atomic E-state index is 9.62. The van der Waals surface area contributed by atoms with Crippen LogP contribution in [-0.4, -0.2) is 27.2 Å². The molecule has 1 rings (SSSR count). The number of nitrogens with two attached hydrogens (primary N) is 1. The third kappa shape index (κ3) is 2.57. The Bertz CT molecular complexity index is 324. The van der Waals surface area contributed by atoms with Crippen molar-refractivity contribution in [1.29, 1.82) is 0 Å². The molecule has 0 aliphatic heterocycles. The Hall–Kier alpha value is -0.360. The number of hydrogen-bond acceptors (Lipinski definition) is 4. The molecule has 0 aromatic carbocycles. The first-order valence-electron chi connectivity index (χ1n) is 3.89. The normalized spacial score (nSPS) is 15.1. The maximum Gasteiger partial charge on any atom is 0.129 e. The molecule has 4 N–H and O–H groups in total. The lowest BCUT2D eigenvalue weighted by molar-refractivity contribution is 0.0330. The number of pyridine rings is 1. The number of alkyl halides is 1. The van der Waals surface area contributed by atoms with Gasteiger partial charge in [0.05, 0.1) is 12.0 Å². The summed E-state index contributed by atoms with van der Waals surface area (Å²) in [5, 5.41) is 18.9. The van der Waals surface area contributed by atoms with Crippen LogP contribution in [0.15, 0.2) is 16.7 Å². The molecule has 0 aliphatic carbocycles. The quantitative estimate of drug-likeness (QED) is 0.724. The number of rotatable bonds is 3. The van der Waals surface area contributed by atoms with Crippen LogP contribution in [0.2, 0.25) is 0 Å². The van der Waals surface area contributed by atoms with Crippen LogP contribution in [0.25, 0.3) is 0 Å². The monoisotopic (exact) mass is 280 g/mol. The van der Waals surface area contributed by atoms with E-state index in [1.807, 2.05) is 0 Å². The Morgan fingerprint density at radius 1 is 1.57 bits per heavy atom. The van der Waals surface area contributed by atoms with E-state index in [0.29, 0.717) is 10.0 Å². The molecule has 6 heteroatoms. The predicted octanol–water partition coefficient (Wildman–Crippen LogP) is 1.06. The van der Waals surface area contributed by atoms with Crippen molar-refractivity contribution in [3.05, 3.63) is 22.3 Å². The standard InChI is InChI=1S/C8H10BrClN2O2/c9-4-1-5(8(11)12-3-4)7(14)6(13)2-10/h1,3,6-7,13-14H,2H2,(H2,11,12). The predicted molar refractivity (Wildman–Crippen MR) is 58.0 cm³/mol. The topological polar surface area (TPSA) is 79.4 Å². The molecule has 14 heavy (non-hydrogen) atoms. The number of halogens is 2. The Morgan fingerprint density at radius 2 is 2.21 bits per heavy atom. The molecule has 0 radical (unpaired) electrons. The zero-order valence-electron chi connectivity index (χ0n) is 7.19. The van der Waals surface area contributed by atoms with Crippen molar-refractivity contribution < 1.29 is 10.2 Å². The Kier molecular flexibility index (Phi) is 4.12. The number of hydrogen-bond donors (Lipinski definition) is 3. The van der Waals surface area contributed by atoms with Crippen LogP contribution < -0.4 is 5.73 Å². The fourth-order valence-electron chi connectivity index (χ4n) is 0.994. The van der Waals surface area contributed by atoms with Gasteiger partial charge in [0.25, 0.3) is 0 Å². The van der Waals surface area contributed by atoms with Crippen LogP contribution in [0, 0.1) is 0 Å². The zero-order valence-corrected chi connectivity index (χ0v) is 9.53. The molecule has 4 nitrogen and oxygen atoms in total. The first-order valence-corrected chi connectivity index (χ1v) is 5.22. The summed E-state index contributed by atoms with van der Waals surface area (Å²) in [6.45, 7) is 0. The zero-order chi connectivity index (χ0) is 10.7. The van der Waals surface area contributed by atoms with E-state index in [4.69, 9.17) is 17.3 Å². The number of anilines is 1. The average Bonchev–Trinajstić information content (AvgIpc) is 2.19. The Labute approximate surface area is 94.8 Å². The molecule has 0 spiro atoms. The van der Waals surface area contributed by atoms with E-state index >= 15 is 0 Å². The van der Waals surface area contributed by atoms with Crippen LogP contribution in [0.3, 0.4) is 0 Å². The van der Waals surface area contributed by atoms with Crippen molar-refractivity contribution in [2.75, 3.05) is 11.6 Å². The molecular formula is C8H10BrClN2O2. The van der Waals surface area contributed by atoms with Crippen LogP contribution in [-0.2, 0) is 0 Å². The molecule has 2 unspecified atom stereocenters. The highest BCUT2D eigenvalue weighted by Crippen LogP contribution is 2.25. The fraction of sp³-hybridized carbons (Fsp3) is 0.375. The van der Waals surface area contributed by atoms with Gasteiger partial charge in [0.15, 0.2) is 0 Å². The molecule has 0 bridgehead atoms. The second-order valence-corrected chi connectivity index (χ2v) is 4.02. The van der Waals surface area contributed by atoms with E-state index in [-0.39, 0.29) is 11.7 Å². The van der Waals surface area contributed by atoms with Gasteiger partial charge in [-0.1, -0.05) is 0 Å². The van der Waals surface area contributed by atoms with Crippen LogP contribution in [0.4, 0.5) is 5.82 Å². The lowest BCUT2D eigenvalue weighted by Gasteiger charge is -2.16. The van der Waals surface area contributed by atoms with E-state index < -0.39 is 12.2 Å². The lowest BCUT2D eigenvalue weighted by Crippen LogP contribution is -2.21. The molecule has 78 valence electrons. The number of aliphatic hydroxyl groups is 2. The highest BCUT2D eigenvalue weighted by Gasteiger charge is 2.20. The molecule has 0 fully saturated rings. The number of aliphatic hydroxyl groups excluding tert-OH is 2. The van der Waals surface area contributed by atoms with Gasteiger partial charge in [-0.2, -0.15) is 0 Å². The van der Waals surface area contributed by atoms with E-state index in [9.17, 15) is 10.2 Å². The summed E-state index contributed by atoms with van der Waals surface area (Å²) in [5.74, 6) is 0.123. The lowest BCUT2D eigenvalue weighted by atomic mass is 10.1. The maximum absolute atomic E-state index is 9.62. The number of aromatic nitrogens is 1. The minimum atomic E-state index is -1.11. The van der Waals surface area contributed by atoms with E-state index in [1.54, 1.807) is 6.07 Å². The highest BCUT2D eigenvalue weighted by atomic mass is 79.9. The first-order chi connectivity index (χ1) is 6.56. The molecule has 0 amide bonds. The summed E-state index contributed by atoms with van der Waals surface area (Å²) in [6, 6.07) is 1.60. The van der Waals surface area contributed by atoms with Crippen molar-refractivity contribution >= 4 is 33.3 Å². The van der Waals surface area contributed by atoms with Gasteiger partial charge in [-0.3, -0.25) is 0 Å². The van der Waals surface area contributed by atoms with E-state index in [1.165, 1.54) is 6.20 Å². The molecule has 2 atom stereocenters. The van der Waals surface area contributed by atoms with Gasteiger partial charge in [0, 0.05) is 16.2 Å². The Balaban J connectivity index is 2.99. The number of nitrogens with zero attached hydrogens (tertiary/aromatic N) is 1. The third-order valence-electron chi connectivity index (χ3n) is 1.76. The summed E-state index contributed by atoms with van der Waals surface area (Å²) < 4.78 is 0.683. The van der Waals surface area contributed by atoms with Crippen molar-refractivity contribution in [2.24, 2.45) is 0 Å². The molecule has 0 aliphatic rings. The summed E-state index contributed by atoms with van der Waals surface area (Å²) in [7, 11) is 0. The van der Waals surface area contributed by atoms with Crippen molar-refractivity contribution in [2.45, 2.75) is 12.2 Å². The van der Waals surface area contributed by atoms with Crippen molar-refractivity contribution in [1.82, 2.24) is 4.98 Å². The Morgan fingerprint density at radius 3 is 2.79 bits per heavy atom. The molecular weight excluding hydrogens is 271 g/mol. The van der Waals surface area contributed by atoms with Gasteiger partial charge in [-0.05, 0) is 22.0 Å². The van der Waals surface area contributed by atoms with Crippen molar-refractivity contribution in [3.63, 3.8) is 0 Å². The third-order valence-corrected chi connectivity index (χ3v) is 2.51. The minimum Gasteiger partial charge on any atom is -0.389 e. The average molecular weight is 282 g/mol. The number of nitrogen functional groups attached to an aromatic ring is 1. The smallest absolute Gasteiger partial charge is 0.129 e. The molecule has 1 heterocycles. The summed E-state index contributed by atoms with van der Waals surface area (Å²) in [4.78, 5) is 3.83. The second kappa shape index (κ2) is 4.93. The molecule has 0 saturated carbocycles. The molecule has 1 aromatic rings. The molecule has 0 saturated heterocycles. The first kappa shape index (κ1) is 11.7. The van der Waals surface area contributed by atoms with Gasteiger partial charge in [0.2, 0.25) is 0 Å². The van der Waals surface area contributed by atoms with Gasteiger partial charge in [-0.15, -0.1) is 11.6 Å². The van der Waals surface area contributed by atoms with Crippen LogP contribution >= 0.6 is 27.5 Å². The van der Waals surface area contributed by atoms with E-state index in [0.717, 1.165) is 0 Å². The summed E-state index contributed by atoms with van der Waals surface area (Å²) in [6.07, 6.45) is -0.647. The minimum absolute atomic E-state index is 0.0624. The van der Waals surface area contributed by atoms with Gasteiger partial charge in [0.1, 0.15) is 11.9 Å². The fourth-order valence-corrected chi connectivity index (χ4v) is 1.51.